The zero-order chi connectivity index (χ0) is 13.7. The Hall–Kier alpha value is -2.17. The van der Waals surface area contributed by atoms with Gasteiger partial charge < -0.3 is 19.5 Å². The van der Waals surface area contributed by atoms with Gasteiger partial charge in [-0.3, -0.25) is 0 Å². The maximum absolute atomic E-state index is 10.9. The van der Waals surface area contributed by atoms with E-state index in [0.29, 0.717) is 24.7 Å². The molecule has 0 saturated carbocycles. The molecule has 0 aliphatic carbocycles. The van der Waals surface area contributed by atoms with Crippen molar-refractivity contribution in [1.29, 1.82) is 0 Å². The van der Waals surface area contributed by atoms with E-state index in [1.807, 2.05) is 37.3 Å². The predicted octanol–water partition coefficient (Wildman–Crippen LogP) is 2.22. The molecular weight excluding hydrogens is 246 g/mol. The third-order valence-electron chi connectivity index (χ3n) is 2.72. The van der Waals surface area contributed by atoms with Gasteiger partial charge in [0.1, 0.15) is 6.61 Å². The number of benzene rings is 1. The summed E-state index contributed by atoms with van der Waals surface area (Å²) in [6, 6.07) is 5.68. The van der Waals surface area contributed by atoms with Crippen molar-refractivity contribution >= 4 is 12.2 Å². The highest BCUT2D eigenvalue weighted by atomic mass is 16.6. The fourth-order valence-corrected chi connectivity index (χ4v) is 1.81. The molecule has 1 aliphatic heterocycles. The van der Waals surface area contributed by atoms with Crippen LogP contribution in [0.5, 0.6) is 11.5 Å². The highest BCUT2D eigenvalue weighted by Gasteiger charge is 2.23. The summed E-state index contributed by atoms with van der Waals surface area (Å²) in [6.45, 7) is 2.73. The molecule has 0 radical (unpaired) electrons. The lowest BCUT2D eigenvalue weighted by Gasteiger charge is -2.13. The number of allylic oxidation sites excluding steroid dienone is 1. The van der Waals surface area contributed by atoms with Gasteiger partial charge in [-0.25, -0.2) is 4.79 Å². The molecule has 1 unspecified atom stereocenters. The summed E-state index contributed by atoms with van der Waals surface area (Å²) in [5, 5.41) is 2.58. The first-order valence-electron chi connectivity index (χ1n) is 6.11. The maximum atomic E-state index is 10.9. The summed E-state index contributed by atoms with van der Waals surface area (Å²) in [6.07, 6.45) is 3.28. The number of carbonyl (C=O) groups is 1. The van der Waals surface area contributed by atoms with Gasteiger partial charge in [0, 0.05) is 0 Å². The first kappa shape index (κ1) is 13.3. The van der Waals surface area contributed by atoms with Gasteiger partial charge in [-0.05, 0) is 24.6 Å². The molecule has 1 N–H and O–H groups in total. The molecule has 5 nitrogen and oxygen atoms in total. The van der Waals surface area contributed by atoms with Crippen molar-refractivity contribution in [3.05, 3.63) is 29.8 Å². The fourth-order valence-electron chi connectivity index (χ4n) is 1.81. The summed E-state index contributed by atoms with van der Waals surface area (Å²) >= 11 is 0. The molecule has 102 valence electrons. The second-order valence-corrected chi connectivity index (χ2v) is 4.13. The summed E-state index contributed by atoms with van der Waals surface area (Å²) in [5.74, 6) is 1.30. The second kappa shape index (κ2) is 6.13. The highest BCUT2D eigenvalue weighted by Crippen LogP contribution is 2.28. The molecule has 1 heterocycles. The van der Waals surface area contributed by atoms with Crippen LogP contribution in [0.25, 0.3) is 6.08 Å². The lowest BCUT2D eigenvalue weighted by atomic mass is 10.2. The topological polar surface area (TPSA) is 56.8 Å². The number of methoxy groups -OCH3 is 1. The van der Waals surface area contributed by atoms with Crippen LogP contribution in [-0.2, 0) is 4.74 Å². The number of rotatable bonds is 5. The molecule has 1 fully saturated rings. The molecule has 19 heavy (non-hydrogen) atoms. The number of amides is 1. The van der Waals surface area contributed by atoms with E-state index in [4.69, 9.17) is 14.2 Å². The van der Waals surface area contributed by atoms with E-state index >= 15 is 0 Å². The molecule has 5 heteroatoms. The normalized spacial score (nSPS) is 18.2. The summed E-state index contributed by atoms with van der Waals surface area (Å²) < 4.78 is 15.9. The molecule has 1 amide bonds. The number of nitrogens with one attached hydrogen (secondary N) is 1. The van der Waals surface area contributed by atoms with E-state index < -0.39 is 6.09 Å². The van der Waals surface area contributed by atoms with Gasteiger partial charge in [0.15, 0.2) is 17.6 Å². The van der Waals surface area contributed by atoms with Crippen LogP contribution in [0, 0.1) is 0 Å². The van der Waals surface area contributed by atoms with Crippen LogP contribution in [-0.4, -0.2) is 32.5 Å². The molecule has 1 atom stereocenters. The lowest BCUT2D eigenvalue weighted by molar-refractivity contribution is 0.103. The largest absolute Gasteiger partial charge is 0.493 e. The van der Waals surface area contributed by atoms with Gasteiger partial charge in [0.05, 0.1) is 13.7 Å². The van der Waals surface area contributed by atoms with Crippen LogP contribution in [0.1, 0.15) is 12.5 Å². The Bertz CT molecular complexity index is 484. The molecule has 1 aromatic carbocycles. The number of cyclic esters (lactones) is 1. The van der Waals surface area contributed by atoms with Crippen LogP contribution in [0.15, 0.2) is 24.3 Å². The van der Waals surface area contributed by atoms with Crippen molar-refractivity contribution in [2.75, 3.05) is 20.3 Å². The van der Waals surface area contributed by atoms with E-state index in [9.17, 15) is 4.79 Å². The Kier molecular flexibility index (Phi) is 4.28. The van der Waals surface area contributed by atoms with Gasteiger partial charge in [-0.15, -0.1) is 0 Å². The minimum absolute atomic E-state index is 0.257. The molecule has 2 rings (SSSR count). The van der Waals surface area contributed by atoms with Gasteiger partial charge in [-0.1, -0.05) is 18.2 Å². The smallest absolute Gasteiger partial charge is 0.407 e. The first-order chi connectivity index (χ1) is 9.22. The van der Waals surface area contributed by atoms with Crippen molar-refractivity contribution in [2.45, 2.75) is 13.0 Å². The molecule has 1 aromatic rings. The fraction of sp³-hybridized carbons (Fsp3) is 0.357. The number of alkyl carbamates (subject to hydrolysis) is 1. The zero-order valence-electron chi connectivity index (χ0n) is 11.0. The van der Waals surface area contributed by atoms with Crippen molar-refractivity contribution in [2.24, 2.45) is 0 Å². The lowest BCUT2D eigenvalue weighted by Crippen LogP contribution is -2.22. The molecule has 1 saturated heterocycles. The third kappa shape index (κ3) is 3.40. The SMILES string of the molecule is C/C=C/c1ccc(OCC2CNC(=O)O2)c(OC)c1. The summed E-state index contributed by atoms with van der Waals surface area (Å²) in [7, 11) is 1.60. The number of hydrogen-bond donors (Lipinski definition) is 1. The van der Waals surface area contributed by atoms with Crippen LogP contribution in [0.2, 0.25) is 0 Å². The van der Waals surface area contributed by atoms with Gasteiger partial charge in [-0.2, -0.15) is 0 Å². The monoisotopic (exact) mass is 263 g/mol. The van der Waals surface area contributed by atoms with Crippen LogP contribution < -0.4 is 14.8 Å². The highest BCUT2D eigenvalue weighted by molar-refractivity contribution is 5.69. The first-order valence-corrected chi connectivity index (χ1v) is 6.11. The predicted molar refractivity (Wildman–Crippen MR) is 71.5 cm³/mol. The number of ether oxygens (including phenoxy) is 3. The van der Waals surface area contributed by atoms with E-state index in [-0.39, 0.29) is 6.10 Å². The summed E-state index contributed by atoms with van der Waals surface area (Å²) in [5.41, 5.74) is 1.04. The number of carbonyl (C=O) groups excluding carboxylic acids is 1. The minimum Gasteiger partial charge on any atom is -0.493 e. The van der Waals surface area contributed by atoms with Gasteiger partial charge in [0.25, 0.3) is 0 Å². The van der Waals surface area contributed by atoms with Crippen molar-refractivity contribution in [3.63, 3.8) is 0 Å². The average Bonchev–Trinajstić information content (AvgIpc) is 2.83. The molecule has 0 spiro atoms. The molecule has 1 aliphatic rings. The van der Waals surface area contributed by atoms with E-state index in [1.54, 1.807) is 7.11 Å². The van der Waals surface area contributed by atoms with Gasteiger partial charge in [0.2, 0.25) is 0 Å². The van der Waals surface area contributed by atoms with Crippen LogP contribution in [0.3, 0.4) is 0 Å². The minimum atomic E-state index is -0.399. The third-order valence-corrected chi connectivity index (χ3v) is 2.72. The van der Waals surface area contributed by atoms with Crippen molar-refractivity contribution in [3.8, 4) is 11.5 Å². The second-order valence-electron chi connectivity index (χ2n) is 4.13. The molecule has 0 bridgehead atoms. The standard InChI is InChI=1S/C14H17NO4/c1-3-4-10-5-6-12(13(7-10)17-2)18-9-11-8-15-14(16)19-11/h3-7,11H,8-9H2,1-2H3,(H,15,16)/b4-3+. The Morgan fingerprint density at radius 1 is 1.47 bits per heavy atom. The summed E-state index contributed by atoms with van der Waals surface area (Å²) in [4.78, 5) is 10.9. The van der Waals surface area contributed by atoms with Crippen molar-refractivity contribution < 1.29 is 19.0 Å². The van der Waals surface area contributed by atoms with Gasteiger partial charge >= 0.3 is 6.09 Å². The average molecular weight is 263 g/mol. The number of hydrogen-bond acceptors (Lipinski definition) is 4. The Balaban J connectivity index is 2.01. The molecular formula is C14H17NO4. The van der Waals surface area contributed by atoms with E-state index in [1.165, 1.54) is 0 Å². The van der Waals surface area contributed by atoms with E-state index in [0.717, 1.165) is 5.56 Å². The Morgan fingerprint density at radius 3 is 2.95 bits per heavy atom. The Morgan fingerprint density at radius 2 is 2.32 bits per heavy atom. The molecule has 0 aromatic heterocycles. The van der Waals surface area contributed by atoms with Crippen LogP contribution >= 0.6 is 0 Å². The van der Waals surface area contributed by atoms with E-state index in [2.05, 4.69) is 5.32 Å². The van der Waals surface area contributed by atoms with Crippen LogP contribution in [0.4, 0.5) is 4.79 Å². The Labute approximate surface area is 112 Å². The maximum Gasteiger partial charge on any atom is 0.407 e. The quantitative estimate of drug-likeness (QED) is 0.885. The zero-order valence-corrected chi connectivity index (χ0v) is 11.0. The van der Waals surface area contributed by atoms with Crippen molar-refractivity contribution in [1.82, 2.24) is 5.32 Å².